The maximum absolute atomic E-state index is 13.6. The predicted molar refractivity (Wildman–Crippen MR) is 75.1 cm³/mol. The summed E-state index contributed by atoms with van der Waals surface area (Å²) in [4.78, 5) is 3.67. The molecule has 2 aromatic rings. The Hall–Kier alpha value is -1.94. The summed E-state index contributed by atoms with van der Waals surface area (Å²) in [6.45, 7) is -0.382. The fourth-order valence-electron chi connectivity index (χ4n) is 2.72. The van der Waals surface area contributed by atoms with Gasteiger partial charge in [-0.2, -0.15) is 5.10 Å². The van der Waals surface area contributed by atoms with Crippen molar-refractivity contribution in [1.82, 2.24) is 14.8 Å². The van der Waals surface area contributed by atoms with E-state index in [0.29, 0.717) is 0 Å². The molecule has 3 rings (SSSR count). The van der Waals surface area contributed by atoms with Crippen LogP contribution in [-0.2, 0) is 12.1 Å². The van der Waals surface area contributed by atoms with E-state index >= 15 is 0 Å². The average Bonchev–Trinajstić information content (AvgIpc) is 2.88. The molecule has 2 atom stereocenters. The number of ether oxygens (including phenoxy) is 1. The Kier molecular flexibility index (Phi) is 4.15. The molecule has 25 heavy (non-hydrogen) atoms. The summed E-state index contributed by atoms with van der Waals surface area (Å²) in [5.74, 6) is -5.18. The topological polar surface area (TPSA) is 60.2 Å². The Morgan fingerprint density at radius 1 is 1.36 bits per heavy atom. The smallest absolute Gasteiger partial charge is 0.406 e. The summed E-state index contributed by atoms with van der Waals surface area (Å²) in [6, 6.07) is 2.76. The van der Waals surface area contributed by atoms with E-state index in [1.165, 1.54) is 6.33 Å². The molecule has 0 amide bonds. The zero-order valence-electron chi connectivity index (χ0n) is 12.3. The second-order valence-corrected chi connectivity index (χ2v) is 6.13. The van der Waals surface area contributed by atoms with Crippen molar-refractivity contribution in [3.63, 3.8) is 0 Å². The van der Waals surface area contributed by atoms with Crippen molar-refractivity contribution in [3.8, 4) is 5.75 Å². The summed E-state index contributed by atoms with van der Waals surface area (Å²) >= 11 is 5.95. The first-order valence-electron chi connectivity index (χ1n) is 7.00. The summed E-state index contributed by atoms with van der Waals surface area (Å²) in [5.41, 5.74) is -2.27. The number of nitrogens with zero attached hydrogens (tertiary/aromatic N) is 3. The van der Waals surface area contributed by atoms with Crippen molar-refractivity contribution in [3.05, 3.63) is 41.4 Å². The monoisotopic (exact) mass is 383 g/mol. The first-order valence-corrected chi connectivity index (χ1v) is 7.37. The van der Waals surface area contributed by atoms with Crippen LogP contribution in [0.4, 0.5) is 22.0 Å². The standard InChI is InChI=1S/C14H11ClF5N3O2/c15-10-3-8(25-14(18,19)20)1-2-9(10)12(24,11-4-13(11,16)17)5-23-7-21-6-22-23/h1-3,6-7,11,24H,4-5H2. The van der Waals surface area contributed by atoms with Crippen molar-refractivity contribution in [1.29, 1.82) is 0 Å². The van der Waals surface area contributed by atoms with Crippen LogP contribution in [0.15, 0.2) is 30.9 Å². The van der Waals surface area contributed by atoms with Gasteiger partial charge in [0.15, 0.2) is 0 Å². The zero-order chi connectivity index (χ0) is 18.5. The van der Waals surface area contributed by atoms with E-state index in [4.69, 9.17) is 11.6 Å². The van der Waals surface area contributed by atoms with Crippen LogP contribution < -0.4 is 4.74 Å². The lowest BCUT2D eigenvalue weighted by Crippen LogP contribution is -2.36. The molecule has 0 bridgehead atoms. The molecule has 1 saturated carbocycles. The van der Waals surface area contributed by atoms with E-state index in [0.717, 1.165) is 29.2 Å². The lowest BCUT2D eigenvalue weighted by molar-refractivity contribution is -0.274. The second kappa shape index (κ2) is 5.80. The maximum atomic E-state index is 13.6. The van der Waals surface area contributed by atoms with Crippen LogP contribution in [-0.4, -0.2) is 32.2 Å². The van der Waals surface area contributed by atoms with Gasteiger partial charge in [-0.3, -0.25) is 0 Å². The first kappa shape index (κ1) is 17.9. The highest BCUT2D eigenvalue weighted by molar-refractivity contribution is 6.31. The van der Waals surface area contributed by atoms with Gasteiger partial charge < -0.3 is 9.84 Å². The van der Waals surface area contributed by atoms with E-state index in [-0.39, 0.29) is 17.1 Å². The summed E-state index contributed by atoms with van der Waals surface area (Å²) in [5, 5.41) is 14.4. The number of hydrogen-bond donors (Lipinski definition) is 1. The SMILES string of the molecule is OC(Cn1cncn1)(c1ccc(OC(F)(F)F)cc1Cl)C1CC1(F)F. The predicted octanol–water partition coefficient (Wildman–Crippen LogP) is 3.37. The second-order valence-electron chi connectivity index (χ2n) is 5.72. The number of halogens is 6. The number of alkyl halides is 5. The first-order chi connectivity index (χ1) is 11.5. The molecule has 0 spiro atoms. The van der Waals surface area contributed by atoms with Crippen LogP contribution >= 0.6 is 11.6 Å². The van der Waals surface area contributed by atoms with Gasteiger partial charge in [0, 0.05) is 12.0 Å². The minimum atomic E-state index is -4.93. The minimum Gasteiger partial charge on any atom is -0.406 e. The quantitative estimate of drug-likeness (QED) is 0.804. The highest BCUT2D eigenvalue weighted by atomic mass is 35.5. The molecule has 1 aliphatic rings. The largest absolute Gasteiger partial charge is 0.573 e. The zero-order valence-corrected chi connectivity index (χ0v) is 13.1. The summed E-state index contributed by atoms with van der Waals surface area (Å²) < 4.78 is 68.9. The van der Waals surface area contributed by atoms with Crippen LogP contribution in [0.3, 0.4) is 0 Å². The molecule has 1 heterocycles. The highest BCUT2D eigenvalue weighted by Gasteiger charge is 2.67. The highest BCUT2D eigenvalue weighted by Crippen LogP contribution is 2.59. The van der Waals surface area contributed by atoms with Gasteiger partial charge in [0.05, 0.1) is 17.5 Å². The van der Waals surface area contributed by atoms with Gasteiger partial charge in [0.1, 0.15) is 24.0 Å². The van der Waals surface area contributed by atoms with E-state index in [1.54, 1.807) is 0 Å². The summed E-state index contributed by atoms with van der Waals surface area (Å²) in [6.07, 6.45) is -3.12. The lowest BCUT2D eigenvalue weighted by Gasteiger charge is -2.29. The van der Waals surface area contributed by atoms with Gasteiger partial charge in [0.25, 0.3) is 5.92 Å². The number of aromatic nitrogens is 3. The molecular formula is C14H11ClF5N3O2. The van der Waals surface area contributed by atoms with Gasteiger partial charge in [-0.1, -0.05) is 17.7 Å². The number of benzene rings is 1. The maximum Gasteiger partial charge on any atom is 0.573 e. The van der Waals surface area contributed by atoms with Crippen molar-refractivity contribution >= 4 is 11.6 Å². The van der Waals surface area contributed by atoms with Crippen LogP contribution in [0.5, 0.6) is 5.75 Å². The van der Waals surface area contributed by atoms with Crippen LogP contribution in [0.25, 0.3) is 0 Å². The van der Waals surface area contributed by atoms with E-state index in [1.807, 2.05) is 0 Å². The minimum absolute atomic E-state index is 0.138. The van der Waals surface area contributed by atoms with E-state index < -0.39 is 36.0 Å². The van der Waals surface area contributed by atoms with Gasteiger partial charge in [-0.15, -0.1) is 13.2 Å². The molecule has 5 nitrogen and oxygen atoms in total. The molecule has 136 valence electrons. The molecule has 1 fully saturated rings. The fourth-order valence-corrected chi connectivity index (χ4v) is 3.05. The molecule has 11 heteroatoms. The normalized spacial score (nSPS) is 21.6. The molecule has 1 aromatic carbocycles. The number of aliphatic hydroxyl groups is 1. The van der Waals surface area contributed by atoms with E-state index in [2.05, 4.69) is 14.8 Å². The third-order valence-electron chi connectivity index (χ3n) is 3.91. The Bertz CT molecular complexity index is 768. The van der Waals surface area contributed by atoms with Crippen molar-refractivity contribution in [2.75, 3.05) is 0 Å². The third-order valence-corrected chi connectivity index (χ3v) is 4.23. The Morgan fingerprint density at radius 2 is 2.04 bits per heavy atom. The third kappa shape index (κ3) is 3.69. The molecule has 0 saturated heterocycles. The molecule has 1 aliphatic carbocycles. The molecule has 0 aliphatic heterocycles. The van der Waals surface area contributed by atoms with Crippen molar-refractivity contribution in [2.24, 2.45) is 5.92 Å². The molecule has 0 radical (unpaired) electrons. The average molecular weight is 384 g/mol. The van der Waals surface area contributed by atoms with E-state index in [9.17, 15) is 27.1 Å². The Morgan fingerprint density at radius 3 is 2.52 bits per heavy atom. The van der Waals surface area contributed by atoms with Gasteiger partial charge in [-0.05, 0) is 12.1 Å². The van der Waals surface area contributed by atoms with Crippen LogP contribution in [0, 0.1) is 5.92 Å². The molecule has 1 N–H and O–H groups in total. The lowest BCUT2D eigenvalue weighted by atomic mass is 9.88. The van der Waals surface area contributed by atoms with Gasteiger partial charge in [-0.25, -0.2) is 18.4 Å². The molecular weight excluding hydrogens is 373 g/mol. The number of hydrogen-bond acceptors (Lipinski definition) is 4. The summed E-state index contributed by atoms with van der Waals surface area (Å²) in [7, 11) is 0. The molecule has 2 unspecified atom stereocenters. The Balaban J connectivity index is 1.96. The van der Waals surface area contributed by atoms with Gasteiger partial charge in [0.2, 0.25) is 0 Å². The van der Waals surface area contributed by atoms with Crippen molar-refractivity contribution in [2.45, 2.75) is 30.9 Å². The van der Waals surface area contributed by atoms with Crippen molar-refractivity contribution < 1.29 is 31.8 Å². The number of rotatable bonds is 5. The Labute approximate surface area is 143 Å². The molecule has 1 aromatic heterocycles. The fraction of sp³-hybridized carbons (Fsp3) is 0.429. The van der Waals surface area contributed by atoms with Crippen LogP contribution in [0.1, 0.15) is 12.0 Å². The van der Waals surface area contributed by atoms with Crippen LogP contribution in [0.2, 0.25) is 5.02 Å². The van der Waals surface area contributed by atoms with Gasteiger partial charge >= 0.3 is 6.36 Å².